The second kappa shape index (κ2) is 4.50. The summed E-state index contributed by atoms with van der Waals surface area (Å²) >= 11 is 5.04. The zero-order valence-electron chi connectivity index (χ0n) is 5.78. The Morgan fingerprint density at radius 3 is 2.08 bits per heavy atom. The first kappa shape index (κ1) is 10.6. The van der Waals surface area contributed by atoms with Crippen molar-refractivity contribution < 1.29 is 24.6 Å². The van der Waals surface area contributed by atoms with E-state index in [1.165, 1.54) is 0 Å². The molecule has 5 nitrogen and oxygen atoms in total. The molecular formula is C6H5ClO5. The van der Waals surface area contributed by atoms with Gasteiger partial charge in [0.15, 0.2) is 5.78 Å². The Balaban J connectivity index is 4.24. The third kappa shape index (κ3) is 4.45. The first-order chi connectivity index (χ1) is 5.43. The quantitative estimate of drug-likeness (QED) is 0.492. The van der Waals surface area contributed by atoms with Gasteiger partial charge in [0.05, 0.1) is 0 Å². The Morgan fingerprint density at radius 2 is 1.75 bits per heavy atom. The summed E-state index contributed by atoms with van der Waals surface area (Å²) in [7, 11) is 0. The van der Waals surface area contributed by atoms with Crippen molar-refractivity contribution in [1.82, 2.24) is 0 Å². The zero-order valence-corrected chi connectivity index (χ0v) is 6.54. The minimum Gasteiger partial charge on any atom is -0.481 e. The highest BCUT2D eigenvalue weighted by Crippen LogP contribution is 2.01. The molecule has 0 aliphatic heterocycles. The van der Waals surface area contributed by atoms with E-state index in [1.54, 1.807) is 0 Å². The molecule has 0 saturated heterocycles. The average molecular weight is 193 g/mol. The minimum atomic E-state index is -1.46. The van der Waals surface area contributed by atoms with E-state index in [1.807, 2.05) is 0 Å². The van der Waals surface area contributed by atoms with E-state index in [4.69, 9.17) is 21.8 Å². The third-order valence-corrected chi connectivity index (χ3v) is 1.09. The lowest BCUT2D eigenvalue weighted by atomic mass is 10.2. The first-order valence-corrected chi connectivity index (χ1v) is 3.16. The summed E-state index contributed by atoms with van der Waals surface area (Å²) in [5.74, 6) is -3.64. The molecule has 0 spiro atoms. The van der Waals surface area contributed by atoms with Gasteiger partial charge in [-0.25, -0.2) is 4.79 Å². The molecule has 0 radical (unpaired) electrons. The van der Waals surface area contributed by atoms with Crippen LogP contribution in [0.15, 0.2) is 11.1 Å². The van der Waals surface area contributed by atoms with Crippen LogP contribution in [0, 0.1) is 0 Å². The number of halogens is 1. The van der Waals surface area contributed by atoms with Crippen molar-refractivity contribution in [3.8, 4) is 0 Å². The maximum Gasteiger partial charge on any atom is 0.347 e. The van der Waals surface area contributed by atoms with Crippen LogP contribution in [0.5, 0.6) is 0 Å². The number of hydrogen-bond donors (Lipinski definition) is 2. The van der Waals surface area contributed by atoms with Gasteiger partial charge in [0.1, 0.15) is 11.5 Å². The maximum absolute atomic E-state index is 10.6. The summed E-state index contributed by atoms with van der Waals surface area (Å²) in [5, 5.41) is 15.6. The number of carbonyl (C=O) groups excluding carboxylic acids is 1. The molecule has 0 aromatic carbocycles. The SMILES string of the molecule is O=C(O)CC(=O)/C=C(/Cl)C(=O)O. The molecule has 0 aliphatic carbocycles. The zero-order chi connectivity index (χ0) is 9.72. The predicted molar refractivity (Wildman–Crippen MR) is 38.8 cm³/mol. The largest absolute Gasteiger partial charge is 0.481 e. The van der Waals surface area contributed by atoms with E-state index in [9.17, 15) is 14.4 Å². The fourth-order valence-electron chi connectivity index (χ4n) is 0.403. The van der Waals surface area contributed by atoms with Crippen molar-refractivity contribution in [3.05, 3.63) is 11.1 Å². The molecule has 66 valence electrons. The average Bonchev–Trinajstić information content (AvgIpc) is 1.84. The molecule has 0 heterocycles. The lowest BCUT2D eigenvalue weighted by molar-refractivity contribution is -0.139. The number of allylic oxidation sites excluding steroid dienone is 1. The number of carbonyl (C=O) groups is 3. The van der Waals surface area contributed by atoms with Crippen molar-refractivity contribution in [3.63, 3.8) is 0 Å². The fraction of sp³-hybridized carbons (Fsp3) is 0.167. The number of hydrogen-bond acceptors (Lipinski definition) is 3. The lowest BCUT2D eigenvalue weighted by Gasteiger charge is -1.89. The Bertz CT molecular complexity index is 255. The molecular weight excluding hydrogens is 188 g/mol. The van der Waals surface area contributed by atoms with Gasteiger partial charge in [-0.3, -0.25) is 9.59 Å². The van der Waals surface area contributed by atoms with Gasteiger partial charge in [0, 0.05) is 6.08 Å². The number of ketones is 1. The van der Waals surface area contributed by atoms with E-state index in [0.717, 1.165) is 0 Å². The Labute approximate surface area is 72.3 Å². The van der Waals surface area contributed by atoms with Gasteiger partial charge in [-0.1, -0.05) is 11.6 Å². The number of aliphatic carboxylic acids is 2. The van der Waals surface area contributed by atoms with Crippen LogP contribution in [0.4, 0.5) is 0 Å². The van der Waals surface area contributed by atoms with E-state index >= 15 is 0 Å². The second-order valence-corrected chi connectivity index (χ2v) is 2.24. The molecule has 0 saturated carbocycles. The summed E-state index contributed by atoms with van der Waals surface area (Å²) in [6.45, 7) is 0. The van der Waals surface area contributed by atoms with Gasteiger partial charge in [0.2, 0.25) is 0 Å². The molecule has 6 heteroatoms. The molecule has 0 aliphatic rings. The van der Waals surface area contributed by atoms with Crippen LogP contribution in [-0.4, -0.2) is 27.9 Å². The number of carboxylic acid groups (broad SMARTS) is 2. The molecule has 0 aromatic heterocycles. The highest BCUT2D eigenvalue weighted by atomic mass is 35.5. The summed E-state index contributed by atoms with van der Waals surface area (Å²) in [4.78, 5) is 30.5. The monoisotopic (exact) mass is 192 g/mol. The molecule has 0 fully saturated rings. The number of carboxylic acids is 2. The Hall–Kier alpha value is -1.36. The lowest BCUT2D eigenvalue weighted by Crippen LogP contribution is -2.05. The summed E-state index contributed by atoms with van der Waals surface area (Å²) in [6.07, 6.45) is -0.193. The smallest absolute Gasteiger partial charge is 0.347 e. The van der Waals surface area contributed by atoms with Gasteiger partial charge in [-0.05, 0) is 0 Å². The molecule has 0 bridgehead atoms. The van der Waals surface area contributed by atoms with Crippen LogP contribution in [0.1, 0.15) is 6.42 Å². The van der Waals surface area contributed by atoms with Crippen LogP contribution in [0.2, 0.25) is 0 Å². The Kier molecular flexibility index (Phi) is 3.99. The van der Waals surface area contributed by atoms with E-state index in [0.29, 0.717) is 6.08 Å². The molecule has 0 unspecified atom stereocenters. The van der Waals surface area contributed by atoms with Gasteiger partial charge in [0.25, 0.3) is 0 Å². The van der Waals surface area contributed by atoms with E-state index in [-0.39, 0.29) is 0 Å². The van der Waals surface area contributed by atoms with E-state index < -0.39 is 29.2 Å². The molecule has 2 N–H and O–H groups in total. The molecule has 0 aromatic rings. The van der Waals surface area contributed by atoms with Gasteiger partial charge in [-0.15, -0.1) is 0 Å². The summed E-state index contributed by atoms with van der Waals surface area (Å²) in [6, 6.07) is 0. The molecule has 12 heavy (non-hydrogen) atoms. The van der Waals surface area contributed by atoms with Crippen molar-refractivity contribution in [1.29, 1.82) is 0 Å². The molecule has 0 rings (SSSR count). The third-order valence-electron chi connectivity index (χ3n) is 0.817. The fourth-order valence-corrected chi connectivity index (χ4v) is 0.525. The van der Waals surface area contributed by atoms with Crippen molar-refractivity contribution in [2.75, 3.05) is 0 Å². The van der Waals surface area contributed by atoms with Crippen LogP contribution in [0.3, 0.4) is 0 Å². The highest BCUT2D eigenvalue weighted by Gasteiger charge is 2.09. The van der Waals surface area contributed by atoms with Crippen LogP contribution < -0.4 is 0 Å². The Morgan fingerprint density at radius 1 is 1.25 bits per heavy atom. The van der Waals surface area contributed by atoms with Gasteiger partial charge in [-0.2, -0.15) is 0 Å². The van der Waals surface area contributed by atoms with Crippen molar-refractivity contribution in [2.45, 2.75) is 6.42 Å². The second-order valence-electron chi connectivity index (χ2n) is 1.83. The van der Waals surface area contributed by atoms with Crippen molar-refractivity contribution >= 4 is 29.3 Å². The predicted octanol–water partition coefficient (Wildman–Crippen LogP) is 0.238. The topological polar surface area (TPSA) is 91.7 Å². The minimum absolute atomic E-state index is 0.567. The van der Waals surface area contributed by atoms with Crippen LogP contribution in [0.25, 0.3) is 0 Å². The normalized spacial score (nSPS) is 10.9. The molecule has 0 atom stereocenters. The van der Waals surface area contributed by atoms with Gasteiger partial charge < -0.3 is 10.2 Å². The van der Waals surface area contributed by atoms with Crippen LogP contribution >= 0.6 is 11.6 Å². The van der Waals surface area contributed by atoms with E-state index in [2.05, 4.69) is 0 Å². The summed E-state index contributed by atoms with van der Waals surface area (Å²) in [5.41, 5.74) is 0. The molecule has 0 amide bonds. The standard InChI is InChI=1S/C6H5ClO5/c7-4(6(11)12)1-3(8)2-5(9)10/h1H,2H2,(H,9,10)(H,11,12)/b4-1+. The first-order valence-electron chi connectivity index (χ1n) is 2.78. The maximum atomic E-state index is 10.6. The summed E-state index contributed by atoms with van der Waals surface area (Å²) < 4.78 is 0. The van der Waals surface area contributed by atoms with Gasteiger partial charge >= 0.3 is 11.9 Å². The van der Waals surface area contributed by atoms with Crippen LogP contribution in [-0.2, 0) is 14.4 Å². The highest BCUT2D eigenvalue weighted by molar-refractivity contribution is 6.42. The number of rotatable bonds is 4. The van der Waals surface area contributed by atoms with Crippen molar-refractivity contribution in [2.24, 2.45) is 0 Å².